The zero-order valence-corrected chi connectivity index (χ0v) is 17.2. The highest BCUT2D eigenvalue weighted by atomic mass is 79.9. The molecule has 1 aliphatic heterocycles. The van der Waals surface area contributed by atoms with Crippen LogP contribution in [0.1, 0.15) is 33.6 Å². The van der Waals surface area contributed by atoms with Crippen molar-refractivity contribution in [3.05, 3.63) is 33.9 Å². The van der Waals surface area contributed by atoms with Crippen molar-refractivity contribution in [2.24, 2.45) is 5.92 Å². The Morgan fingerprint density at radius 3 is 2.64 bits per heavy atom. The summed E-state index contributed by atoms with van der Waals surface area (Å²) < 4.78 is 8.77. The summed E-state index contributed by atoms with van der Waals surface area (Å²) in [6, 6.07) is 6.02. The van der Waals surface area contributed by atoms with Crippen molar-refractivity contribution in [1.82, 2.24) is 9.47 Å². The second-order valence-corrected chi connectivity index (χ2v) is 9.00. The summed E-state index contributed by atoms with van der Waals surface area (Å²) in [4.78, 5) is 14.0. The van der Waals surface area contributed by atoms with E-state index in [2.05, 4.69) is 32.8 Å². The van der Waals surface area contributed by atoms with Crippen LogP contribution in [0.5, 0.6) is 0 Å². The number of carbonyl (C=O) groups is 1. The van der Waals surface area contributed by atoms with Crippen molar-refractivity contribution >= 4 is 44.5 Å². The molecule has 4 nitrogen and oxygen atoms in total. The third kappa shape index (κ3) is 4.50. The van der Waals surface area contributed by atoms with E-state index in [4.69, 9.17) is 16.3 Å². The number of halogens is 2. The Morgan fingerprint density at radius 2 is 2.00 bits per heavy atom. The molecule has 1 aromatic carbocycles. The van der Waals surface area contributed by atoms with Crippen LogP contribution in [-0.4, -0.2) is 34.3 Å². The maximum absolute atomic E-state index is 12.2. The molecule has 25 heavy (non-hydrogen) atoms. The maximum atomic E-state index is 12.2. The Labute approximate surface area is 162 Å². The molecule has 0 N–H and O–H groups in total. The van der Waals surface area contributed by atoms with E-state index in [1.807, 2.05) is 37.8 Å². The molecule has 3 rings (SSSR count). The van der Waals surface area contributed by atoms with E-state index in [0.717, 1.165) is 47.4 Å². The fraction of sp³-hybridized carbons (Fsp3) is 0.526. The first-order chi connectivity index (χ1) is 11.7. The number of piperidine rings is 1. The Balaban J connectivity index is 1.62. The van der Waals surface area contributed by atoms with Crippen molar-refractivity contribution in [2.45, 2.75) is 45.8 Å². The number of ether oxygens (including phenoxy) is 1. The summed E-state index contributed by atoms with van der Waals surface area (Å²) in [5, 5.41) is 1.88. The van der Waals surface area contributed by atoms with Crippen LogP contribution in [0.15, 0.2) is 28.9 Å². The molecule has 0 spiro atoms. The Morgan fingerprint density at radius 1 is 1.32 bits per heavy atom. The van der Waals surface area contributed by atoms with Crippen LogP contribution in [0.3, 0.4) is 0 Å². The summed E-state index contributed by atoms with van der Waals surface area (Å²) in [5.74, 6) is 0.553. The van der Waals surface area contributed by atoms with Gasteiger partial charge in [-0.2, -0.15) is 0 Å². The summed E-state index contributed by atoms with van der Waals surface area (Å²) in [5.41, 5.74) is 0.741. The summed E-state index contributed by atoms with van der Waals surface area (Å²) >= 11 is 9.75. The second-order valence-electron chi connectivity index (χ2n) is 7.70. The number of benzene rings is 1. The van der Waals surface area contributed by atoms with E-state index in [9.17, 15) is 4.79 Å². The molecular formula is C19H24BrClN2O2. The molecule has 1 saturated heterocycles. The number of fused-ring (bicyclic) bond motifs is 1. The lowest BCUT2D eigenvalue weighted by Crippen LogP contribution is -2.42. The molecule has 1 aromatic heterocycles. The molecule has 0 radical (unpaired) electrons. The van der Waals surface area contributed by atoms with E-state index in [-0.39, 0.29) is 6.09 Å². The van der Waals surface area contributed by atoms with Crippen LogP contribution in [0.2, 0.25) is 5.02 Å². The molecule has 0 bridgehead atoms. The summed E-state index contributed by atoms with van der Waals surface area (Å²) in [7, 11) is 0. The van der Waals surface area contributed by atoms with Gasteiger partial charge in [-0.1, -0.05) is 11.6 Å². The largest absolute Gasteiger partial charge is 0.444 e. The first-order valence-electron chi connectivity index (χ1n) is 8.65. The first kappa shape index (κ1) is 18.6. The van der Waals surface area contributed by atoms with E-state index in [0.29, 0.717) is 5.92 Å². The smallest absolute Gasteiger partial charge is 0.410 e. The van der Waals surface area contributed by atoms with Crippen molar-refractivity contribution in [3.8, 4) is 0 Å². The van der Waals surface area contributed by atoms with Gasteiger partial charge in [0.25, 0.3) is 0 Å². The predicted octanol–water partition coefficient (Wildman–Crippen LogP) is 5.70. The van der Waals surface area contributed by atoms with Gasteiger partial charge in [0.15, 0.2) is 0 Å². The first-order valence-corrected chi connectivity index (χ1v) is 9.82. The number of hydrogen-bond acceptors (Lipinski definition) is 2. The molecule has 0 unspecified atom stereocenters. The average molecular weight is 428 g/mol. The lowest BCUT2D eigenvalue weighted by Gasteiger charge is -2.33. The van der Waals surface area contributed by atoms with Gasteiger partial charge < -0.3 is 14.2 Å². The van der Waals surface area contributed by atoms with Crippen molar-refractivity contribution in [2.75, 3.05) is 13.1 Å². The van der Waals surface area contributed by atoms with Gasteiger partial charge in [-0.3, -0.25) is 0 Å². The Kier molecular flexibility index (Phi) is 5.35. The molecule has 2 heterocycles. The van der Waals surface area contributed by atoms with Crippen LogP contribution < -0.4 is 0 Å². The van der Waals surface area contributed by atoms with Crippen LogP contribution in [0.4, 0.5) is 4.79 Å². The van der Waals surface area contributed by atoms with Crippen LogP contribution in [0, 0.1) is 5.92 Å². The van der Waals surface area contributed by atoms with Gasteiger partial charge in [0.1, 0.15) is 5.60 Å². The van der Waals surface area contributed by atoms with Gasteiger partial charge in [-0.15, -0.1) is 0 Å². The average Bonchev–Trinajstić information content (AvgIpc) is 2.89. The molecule has 136 valence electrons. The Bertz CT molecular complexity index is 774. The highest BCUT2D eigenvalue weighted by Gasteiger charge is 2.27. The number of rotatable bonds is 2. The number of nitrogens with zero attached hydrogens (tertiary/aromatic N) is 2. The topological polar surface area (TPSA) is 34.5 Å². The minimum Gasteiger partial charge on any atom is -0.444 e. The number of aromatic nitrogens is 1. The number of amides is 1. The van der Waals surface area contributed by atoms with Crippen LogP contribution in [-0.2, 0) is 11.3 Å². The molecule has 0 saturated carbocycles. The molecule has 1 amide bonds. The standard InChI is InChI=1S/C19H24BrClN2O2/c1-19(2,3)25-18(24)22-7-4-13(5-8-22)12-23-9-6-14-10-15(21)11-16(20)17(14)23/h6,9-11,13H,4-5,7-8,12H2,1-3H3. The van der Waals surface area contributed by atoms with Crippen LogP contribution >= 0.6 is 27.5 Å². The number of likely N-dealkylation sites (tertiary alicyclic amines) is 1. The highest BCUT2D eigenvalue weighted by molar-refractivity contribution is 9.10. The minimum atomic E-state index is -0.439. The minimum absolute atomic E-state index is 0.199. The zero-order valence-electron chi connectivity index (χ0n) is 14.9. The zero-order chi connectivity index (χ0) is 18.2. The van der Waals surface area contributed by atoms with Gasteiger partial charge in [0.2, 0.25) is 0 Å². The molecule has 0 atom stereocenters. The van der Waals surface area contributed by atoms with Gasteiger partial charge in [0.05, 0.1) is 5.52 Å². The molecule has 2 aromatic rings. The van der Waals surface area contributed by atoms with Gasteiger partial charge in [0, 0.05) is 40.7 Å². The number of carbonyl (C=O) groups excluding carboxylic acids is 1. The summed E-state index contributed by atoms with van der Waals surface area (Å²) in [6.07, 6.45) is 3.90. The second kappa shape index (κ2) is 7.20. The molecule has 0 aliphatic carbocycles. The third-order valence-electron chi connectivity index (χ3n) is 4.50. The monoisotopic (exact) mass is 426 g/mol. The van der Waals surface area contributed by atoms with E-state index < -0.39 is 5.60 Å². The molecule has 1 aliphatic rings. The predicted molar refractivity (Wildman–Crippen MR) is 105 cm³/mol. The van der Waals surface area contributed by atoms with Crippen molar-refractivity contribution in [3.63, 3.8) is 0 Å². The van der Waals surface area contributed by atoms with Gasteiger partial charge in [-0.25, -0.2) is 4.79 Å². The van der Waals surface area contributed by atoms with E-state index >= 15 is 0 Å². The third-order valence-corrected chi connectivity index (χ3v) is 5.32. The van der Waals surface area contributed by atoms with Crippen molar-refractivity contribution < 1.29 is 9.53 Å². The van der Waals surface area contributed by atoms with Gasteiger partial charge in [-0.05, 0) is 73.7 Å². The molecule has 1 fully saturated rings. The summed E-state index contributed by atoms with van der Waals surface area (Å²) in [6.45, 7) is 8.17. The van der Waals surface area contributed by atoms with Crippen LogP contribution in [0.25, 0.3) is 10.9 Å². The van der Waals surface area contributed by atoms with Crippen molar-refractivity contribution in [1.29, 1.82) is 0 Å². The normalized spacial score (nSPS) is 16.4. The van der Waals surface area contributed by atoms with E-state index in [1.54, 1.807) is 0 Å². The number of hydrogen-bond donors (Lipinski definition) is 0. The van der Waals surface area contributed by atoms with Gasteiger partial charge >= 0.3 is 6.09 Å². The SMILES string of the molecule is CC(C)(C)OC(=O)N1CCC(Cn2ccc3cc(Cl)cc(Br)c32)CC1. The lowest BCUT2D eigenvalue weighted by molar-refractivity contribution is 0.0178. The quantitative estimate of drug-likeness (QED) is 0.615. The maximum Gasteiger partial charge on any atom is 0.410 e. The molecular weight excluding hydrogens is 404 g/mol. The highest BCUT2D eigenvalue weighted by Crippen LogP contribution is 2.31. The Hall–Kier alpha value is -1.20. The van der Waals surface area contributed by atoms with E-state index in [1.165, 1.54) is 5.52 Å². The molecule has 6 heteroatoms. The fourth-order valence-electron chi connectivity index (χ4n) is 3.32. The fourth-order valence-corrected chi connectivity index (χ4v) is 4.38. The lowest BCUT2D eigenvalue weighted by atomic mass is 9.97.